The Morgan fingerprint density at radius 2 is 2.03 bits per heavy atom. The zero-order chi connectivity index (χ0) is 23.3. The number of aryl methyl sites for hydroxylation is 1. The Kier molecular flexibility index (Phi) is 5.35. The number of fused-ring (bicyclic) bond motifs is 3. The molecule has 1 saturated heterocycles. The molecule has 1 amide bonds. The van der Waals surface area contributed by atoms with Crippen LogP contribution in [0, 0.1) is 0 Å². The number of amides is 1. The maximum atomic E-state index is 14.0. The van der Waals surface area contributed by atoms with Crippen LogP contribution >= 0.6 is 11.8 Å². The molecule has 0 radical (unpaired) electrons. The zero-order valence-electron chi connectivity index (χ0n) is 19.0. The molecule has 5 rings (SSSR count). The summed E-state index contributed by atoms with van der Waals surface area (Å²) >= 11 is 1.47. The van der Waals surface area contributed by atoms with E-state index in [4.69, 9.17) is 9.40 Å². The molecule has 1 fully saturated rings. The minimum absolute atomic E-state index is 0.143. The molecule has 0 bridgehead atoms. The second kappa shape index (κ2) is 8.22. The van der Waals surface area contributed by atoms with Gasteiger partial charge < -0.3 is 19.1 Å². The van der Waals surface area contributed by atoms with Crippen LogP contribution in [0.4, 0.5) is 17.3 Å². The molecule has 11 heteroatoms. The fourth-order valence-electron chi connectivity index (χ4n) is 4.46. The van der Waals surface area contributed by atoms with E-state index in [-0.39, 0.29) is 17.8 Å². The third kappa shape index (κ3) is 3.65. The Bertz CT molecular complexity index is 1290. The van der Waals surface area contributed by atoms with Crippen molar-refractivity contribution in [1.29, 1.82) is 0 Å². The van der Waals surface area contributed by atoms with E-state index < -0.39 is 5.76 Å². The van der Waals surface area contributed by atoms with Crippen molar-refractivity contribution < 1.29 is 9.21 Å². The molecule has 2 aliphatic rings. The lowest BCUT2D eigenvalue weighted by Crippen LogP contribution is -2.39. The summed E-state index contributed by atoms with van der Waals surface area (Å²) < 4.78 is 6.40. The molecule has 3 aromatic rings. The second-order valence-corrected chi connectivity index (χ2v) is 9.15. The van der Waals surface area contributed by atoms with Gasteiger partial charge in [0.25, 0.3) is 5.91 Å². The third-order valence-corrected chi connectivity index (χ3v) is 6.60. The van der Waals surface area contributed by atoms with Crippen LogP contribution in [0.15, 0.2) is 38.6 Å². The first-order valence-electron chi connectivity index (χ1n) is 10.7. The van der Waals surface area contributed by atoms with Gasteiger partial charge in [0.1, 0.15) is 17.2 Å². The van der Waals surface area contributed by atoms with Gasteiger partial charge in [-0.25, -0.2) is 14.8 Å². The van der Waals surface area contributed by atoms with Crippen molar-refractivity contribution in [2.75, 3.05) is 48.1 Å². The van der Waals surface area contributed by atoms with E-state index in [9.17, 15) is 9.59 Å². The Balaban J connectivity index is 1.65. The number of hydrogen-bond acceptors (Lipinski definition) is 9. The average molecular weight is 468 g/mol. The smallest absolute Gasteiger partial charge is 0.388 e. The van der Waals surface area contributed by atoms with Crippen LogP contribution in [-0.4, -0.2) is 65.1 Å². The summed E-state index contributed by atoms with van der Waals surface area (Å²) in [7, 11) is 5.32. The number of benzene rings is 1. The highest BCUT2D eigenvalue weighted by atomic mass is 32.2. The summed E-state index contributed by atoms with van der Waals surface area (Å²) in [5, 5.41) is 4.80. The van der Waals surface area contributed by atoms with Gasteiger partial charge in [-0.3, -0.25) is 4.79 Å². The van der Waals surface area contributed by atoms with Gasteiger partial charge in [-0.1, -0.05) is 17.8 Å². The van der Waals surface area contributed by atoms with Gasteiger partial charge >= 0.3 is 5.76 Å². The average Bonchev–Trinajstić information content (AvgIpc) is 3.39. The van der Waals surface area contributed by atoms with E-state index in [2.05, 4.69) is 15.0 Å². The van der Waals surface area contributed by atoms with Crippen molar-refractivity contribution in [1.82, 2.24) is 19.7 Å². The fourth-order valence-corrected chi connectivity index (χ4v) is 4.81. The summed E-state index contributed by atoms with van der Waals surface area (Å²) in [5.74, 6) is 0.861. The number of aromatic nitrogens is 4. The van der Waals surface area contributed by atoms with Crippen LogP contribution in [0.5, 0.6) is 0 Å². The summed E-state index contributed by atoms with van der Waals surface area (Å²) in [6.07, 6.45) is 3.96. The minimum Gasteiger partial charge on any atom is -0.388 e. The molecule has 2 aliphatic heterocycles. The first kappa shape index (κ1) is 21.5. The molecule has 1 aromatic carbocycles. The molecule has 4 heterocycles. The van der Waals surface area contributed by atoms with Crippen LogP contribution in [0.2, 0.25) is 0 Å². The number of carbonyl (C=O) groups is 1. The van der Waals surface area contributed by atoms with E-state index in [1.54, 1.807) is 4.90 Å². The van der Waals surface area contributed by atoms with Crippen LogP contribution in [0.1, 0.15) is 23.2 Å². The highest BCUT2D eigenvalue weighted by Gasteiger charge is 2.39. The van der Waals surface area contributed by atoms with Gasteiger partial charge in [-0.05, 0) is 37.3 Å². The van der Waals surface area contributed by atoms with Crippen molar-refractivity contribution in [3.8, 4) is 11.5 Å². The molecule has 0 saturated carbocycles. The van der Waals surface area contributed by atoms with Crippen LogP contribution < -0.4 is 20.5 Å². The zero-order valence-corrected chi connectivity index (χ0v) is 19.8. The summed E-state index contributed by atoms with van der Waals surface area (Å²) in [6.45, 7) is 1.39. The maximum absolute atomic E-state index is 14.0. The van der Waals surface area contributed by atoms with Gasteiger partial charge in [0.05, 0.1) is 0 Å². The number of anilines is 3. The van der Waals surface area contributed by atoms with Gasteiger partial charge in [0.2, 0.25) is 5.89 Å². The first-order valence-corrected chi connectivity index (χ1v) is 12.0. The molecule has 172 valence electrons. The summed E-state index contributed by atoms with van der Waals surface area (Å²) in [6, 6.07) is 7.53. The second-order valence-electron chi connectivity index (χ2n) is 8.38. The lowest BCUT2D eigenvalue weighted by Gasteiger charge is -2.27. The fraction of sp³-hybridized carbons (Fsp3) is 0.409. The van der Waals surface area contributed by atoms with Crippen molar-refractivity contribution >= 4 is 35.0 Å². The summed E-state index contributed by atoms with van der Waals surface area (Å²) in [5.41, 5.74) is 1.86. The molecule has 1 atom stereocenters. The molecule has 10 nitrogen and oxygen atoms in total. The van der Waals surface area contributed by atoms with Gasteiger partial charge in [-0.15, -0.1) is 5.10 Å². The Hall–Kier alpha value is -3.34. The van der Waals surface area contributed by atoms with Crippen molar-refractivity contribution in [2.24, 2.45) is 7.05 Å². The number of rotatable bonds is 4. The van der Waals surface area contributed by atoms with E-state index in [1.807, 2.05) is 49.5 Å². The topological polar surface area (TPSA) is 101 Å². The van der Waals surface area contributed by atoms with Crippen molar-refractivity contribution in [2.45, 2.75) is 24.0 Å². The van der Waals surface area contributed by atoms with E-state index >= 15 is 0 Å². The first-order chi connectivity index (χ1) is 15.9. The summed E-state index contributed by atoms with van der Waals surface area (Å²) in [4.78, 5) is 41.1. The van der Waals surface area contributed by atoms with E-state index in [0.29, 0.717) is 40.2 Å². The number of hydrogen-bond donors (Lipinski definition) is 0. The SMILES string of the molecule is CSc1nc(N(C)C)c2c(n1)N1CCCC1CN(c1cccc(-c3nn(C)c(=O)o3)c1)C2=O. The molecule has 0 N–H and O–H groups in total. The van der Waals surface area contributed by atoms with E-state index in [1.165, 1.54) is 18.8 Å². The molecule has 0 aliphatic carbocycles. The molecule has 1 unspecified atom stereocenters. The minimum atomic E-state index is -0.533. The predicted octanol–water partition coefficient (Wildman–Crippen LogP) is 2.25. The van der Waals surface area contributed by atoms with Crippen molar-refractivity contribution in [3.05, 3.63) is 40.4 Å². The van der Waals surface area contributed by atoms with Gasteiger partial charge in [0, 0.05) is 51.5 Å². The molecular formula is C22H25N7O3S. The van der Waals surface area contributed by atoms with Crippen molar-refractivity contribution in [3.63, 3.8) is 0 Å². The lowest BCUT2D eigenvalue weighted by molar-refractivity contribution is 0.0988. The Labute approximate surface area is 195 Å². The number of thioether (sulfide) groups is 1. The van der Waals surface area contributed by atoms with Crippen LogP contribution in [0.25, 0.3) is 11.5 Å². The van der Waals surface area contributed by atoms with Gasteiger partial charge in [-0.2, -0.15) is 4.68 Å². The highest BCUT2D eigenvalue weighted by Crippen LogP contribution is 2.38. The molecule has 0 spiro atoms. The standard InChI is InChI=1S/C22H25N7O3S/c1-26(2)17-16-18(24-21(23-17)33-4)28-10-6-9-15(28)12-29(20(16)30)14-8-5-7-13(11-14)19-25-27(3)22(31)32-19/h5,7-8,11,15H,6,9-10,12H2,1-4H3. The molecular weight excluding hydrogens is 442 g/mol. The van der Waals surface area contributed by atoms with Crippen LogP contribution in [-0.2, 0) is 7.05 Å². The van der Waals surface area contributed by atoms with Crippen LogP contribution in [0.3, 0.4) is 0 Å². The lowest BCUT2D eigenvalue weighted by atomic mass is 10.1. The number of carbonyl (C=O) groups excluding carboxylic acids is 1. The highest BCUT2D eigenvalue weighted by molar-refractivity contribution is 7.98. The quantitative estimate of drug-likeness (QED) is 0.422. The maximum Gasteiger partial charge on any atom is 0.437 e. The van der Waals surface area contributed by atoms with Gasteiger partial charge in [0.15, 0.2) is 5.16 Å². The molecule has 2 aromatic heterocycles. The Morgan fingerprint density at radius 1 is 1.21 bits per heavy atom. The Morgan fingerprint density at radius 3 is 2.73 bits per heavy atom. The normalized spacial score (nSPS) is 17.7. The largest absolute Gasteiger partial charge is 0.437 e. The predicted molar refractivity (Wildman–Crippen MR) is 127 cm³/mol. The monoisotopic (exact) mass is 467 g/mol. The third-order valence-electron chi connectivity index (χ3n) is 6.05. The number of nitrogens with zero attached hydrogens (tertiary/aromatic N) is 7. The molecule has 33 heavy (non-hydrogen) atoms. The van der Waals surface area contributed by atoms with E-state index in [0.717, 1.165) is 24.1 Å².